The highest BCUT2D eigenvalue weighted by atomic mass is 35.6. The van der Waals surface area contributed by atoms with E-state index in [4.69, 9.17) is 51.4 Å². The van der Waals surface area contributed by atoms with Gasteiger partial charge in [0.15, 0.2) is 10.9 Å². The van der Waals surface area contributed by atoms with Crippen molar-refractivity contribution < 1.29 is 9.21 Å². The van der Waals surface area contributed by atoms with Crippen LogP contribution in [0.4, 0.5) is 5.00 Å². The molecule has 2 aromatic rings. The molecule has 1 atom stereocenters. The number of anilines is 1. The highest BCUT2D eigenvalue weighted by Gasteiger charge is 2.35. The van der Waals surface area contributed by atoms with E-state index in [0.29, 0.717) is 10.6 Å². The van der Waals surface area contributed by atoms with E-state index in [1.54, 1.807) is 6.07 Å². The molecule has 0 spiro atoms. The second-order valence-electron chi connectivity index (χ2n) is 6.05. The summed E-state index contributed by atoms with van der Waals surface area (Å²) in [4.78, 5) is 13.4. The lowest BCUT2D eigenvalue weighted by Crippen LogP contribution is -2.56. The molecule has 2 heterocycles. The number of thiophene rings is 1. The molecule has 0 radical (unpaired) electrons. The van der Waals surface area contributed by atoms with Crippen LogP contribution in [0.1, 0.15) is 39.4 Å². The van der Waals surface area contributed by atoms with Crippen molar-refractivity contribution in [3.8, 4) is 6.07 Å². The number of carbonyl (C=O) groups excluding carboxylic acids is 1. The van der Waals surface area contributed by atoms with Gasteiger partial charge in [0.05, 0.1) is 11.8 Å². The summed E-state index contributed by atoms with van der Waals surface area (Å²) in [5.41, 5.74) is 1.67. The Morgan fingerprint density at radius 1 is 1.32 bits per heavy atom. The lowest BCUT2D eigenvalue weighted by atomic mass is 9.96. The first-order chi connectivity index (χ1) is 13.3. The number of nitrogens with zero attached hydrogens (tertiary/aromatic N) is 1. The largest absolute Gasteiger partial charge is 0.459 e. The van der Waals surface area contributed by atoms with Crippen LogP contribution in [0.25, 0.3) is 0 Å². The van der Waals surface area contributed by atoms with Crippen molar-refractivity contribution in [1.82, 2.24) is 10.6 Å². The molecular formula is C17H15Cl3N4O2S2. The Bertz CT molecular complexity index is 916. The van der Waals surface area contributed by atoms with Crippen molar-refractivity contribution in [2.75, 3.05) is 5.32 Å². The van der Waals surface area contributed by atoms with Crippen LogP contribution in [0, 0.1) is 11.3 Å². The third-order valence-corrected chi connectivity index (χ3v) is 6.22. The van der Waals surface area contributed by atoms with E-state index in [9.17, 15) is 10.1 Å². The number of aryl methyl sites for hydroxylation is 1. The Balaban J connectivity index is 1.72. The minimum Gasteiger partial charge on any atom is -0.459 e. The summed E-state index contributed by atoms with van der Waals surface area (Å²) in [6.45, 7) is 0. The van der Waals surface area contributed by atoms with Gasteiger partial charge in [0, 0.05) is 4.88 Å². The average Bonchev–Trinajstić information content (AvgIpc) is 3.27. The topological polar surface area (TPSA) is 90.1 Å². The molecule has 1 aliphatic rings. The van der Waals surface area contributed by atoms with Gasteiger partial charge in [-0.05, 0) is 55.6 Å². The quantitative estimate of drug-likeness (QED) is 0.341. The minimum absolute atomic E-state index is 0.0672. The zero-order valence-electron chi connectivity index (χ0n) is 14.4. The lowest BCUT2D eigenvalue weighted by molar-refractivity contribution is 0.0906. The predicted molar refractivity (Wildman–Crippen MR) is 115 cm³/mol. The van der Waals surface area contributed by atoms with Gasteiger partial charge in [0.2, 0.25) is 3.79 Å². The Hall–Kier alpha value is -1.50. The van der Waals surface area contributed by atoms with Crippen molar-refractivity contribution in [3.05, 3.63) is 40.2 Å². The van der Waals surface area contributed by atoms with Crippen molar-refractivity contribution in [2.45, 2.75) is 35.6 Å². The molecule has 1 amide bonds. The molecule has 0 unspecified atom stereocenters. The van der Waals surface area contributed by atoms with Gasteiger partial charge in [-0.3, -0.25) is 4.79 Å². The Morgan fingerprint density at radius 2 is 2.07 bits per heavy atom. The Kier molecular flexibility index (Phi) is 6.73. The molecule has 11 heteroatoms. The molecule has 0 saturated carbocycles. The van der Waals surface area contributed by atoms with Crippen molar-refractivity contribution in [3.63, 3.8) is 0 Å². The van der Waals surface area contributed by atoms with Crippen LogP contribution in [-0.4, -0.2) is 21.0 Å². The van der Waals surface area contributed by atoms with E-state index < -0.39 is 15.9 Å². The normalized spacial score (nSPS) is 14.5. The lowest BCUT2D eigenvalue weighted by Gasteiger charge is -2.27. The van der Waals surface area contributed by atoms with Crippen molar-refractivity contribution >= 4 is 74.4 Å². The van der Waals surface area contributed by atoms with Crippen LogP contribution in [0.15, 0.2) is 22.8 Å². The molecular weight excluding hydrogens is 463 g/mol. The molecule has 2 aromatic heterocycles. The van der Waals surface area contributed by atoms with Crippen LogP contribution in [0.3, 0.4) is 0 Å². The molecule has 0 aromatic carbocycles. The fraction of sp³-hybridized carbons (Fsp3) is 0.353. The SMILES string of the molecule is N#Cc1c(NC(=S)N[C@@H](NC(=O)c2ccco2)C(Cl)(Cl)Cl)sc2c1CCCC2. The fourth-order valence-corrected chi connectivity index (χ4v) is 4.71. The molecule has 3 rings (SSSR count). The first-order valence-corrected chi connectivity index (χ1v) is 10.7. The third kappa shape index (κ3) is 4.91. The summed E-state index contributed by atoms with van der Waals surface area (Å²) in [6.07, 6.45) is 4.23. The van der Waals surface area contributed by atoms with E-state index in [1.807, 2.05) is 0 Å². The first-order valence-electron chi connectivity index (χ1n) is 8.33. The van der Waals surface area contributed by atoms with Crippen LogP contribution in [-0.2, 0) is 12.8 Å². The second kappa shape index (κ2) is 8.89. The maximum atomic E-state index is 12.2. The summed E-state index contributed by atoms with van der Waals surface area (Å²) in [5.74, 6) is -0.501. The van der Waals surface area contributed by atoms with Crippen LogP contribution in [0.5, 0.6) is 0 Å². The van der Waals surface area contributed by atoms with Gasteiger partial charge >= 0.3 is 0 Å². The number of carbonyl (C=O) groups is 1. The number of thiocarbonyl (C=S) groups is 1. The third-order valence-electron chi connectivity index (χ3n) is 4.13. The van der Waals surface area contributed by atoms with Crippen LogP contribution >= 0.6 is 58.4 Å². The minimum atomic E-state index is -1.89. The molecule has 6 nitrogen and oxygen atoms in total. The summed E-state index contributed by atoms with van der Waals surface area (Å²) in [7, 11) is 0. The summed E-state index contributed by atoms with van der Waals surface area (Å²) >= 11 is 24.7. The zero-order chi connectivity index (χ0) is 20.3. The number of fused-ring (bicyclic) bond motifs is 1. The number of furan rings is 1. The molecule has 0 saturated heterocycles. The van der Waals surface area contributed by atoms with Gasteiger partial charge in [-0.1, -0.05) is 34.8 Å². The summed E-state index contributed by atoms with van der Waals surface area (Å²) in [6, 6.07) is 5.30. The summed E-state index contributed by atoms with van der Waals surface area (Å²) < 4.78 is 3.15. The summed E-state index contributed by atoms with van der Waals surface area (Å²) in [5, 5.41) is 18.6. The van der Waals surface area contributed by atoms with Crippen LogP contribution < -0.4 is 16.0 Å². The van der Waals surface area contributed by atoms with E-state index in [1.165, 1.54) is 28.5 Å². The fourth-order valence-electron chi connectivity index (χ4n) is 2.85. The zero-order valence-corrected chi connectivity index (χ0v) is 18.3. The first kappa shape index (κ1) is 21.2. The van der Waals surface area contributed by atoms with Gasteiger partial charge in [-0.15, -0.1) is 11.3 Å². The number of hydrogen-bond donors (Lipinski definition) is 3. The predicted octanol–water partition coefficient (Wildman–Crippen LogP) is 4.50. The molecule has 28 heavy (non-hydrogen) atoms. The van der Waals surface area contributed by atoms with Gasteiger partial charge in [-0.25, -0.2) is 0 Å². The number of hydrogen-bond acceptors (Lipinski definition) is 5. The number of alkyl halides is 3. The maximum Gasteiger partial charge on any atom is 0.288 e. The van der Waals surface area contributed by atoms with Crippen molar-refractivity contribution in [1.29, 1.82) is 5.26 Å². The highest BCUT2D eigenvalue weighted by Crippen LogP contribution is 2.37. The number of nitrogens with one attached hydrogen (secondary N) is 3. The van der Waals surface area contributed by atoms with E-state index in [2.05, 4.69) is 22.0 Å². The standard InChI is InChI=1S/C17H15Cl3N4O2S2/c18-17(19,20)15(22-13(25)11-5-3-7-26-11)24-16(27)23-14-10(8-21)9-4-1-2-6-12(9)28-14/h3,5,7,15H,1-2,4,6H2,(H,22,25)(H2,23,24,27)/t15-/m1/s1. The van der Waals surface area contributed by atoms with Gasteiger partial charge < -0.3 is 20.4 Å². The number of halogens is 3. The van der Waals surface area contributed by atoms with Gasteiger partial charge in [0.1, 0.15) is 17.2 Å². The van der Waals surface area contributed by atoms with Crippen molar-refractivity contribution in [2.24, 2.45) is 0 Å². The smallest absolute Gasteiger partial charge is 0.288 e. The molecule has 0 aliphatic heterocycles. The number of amides is 1. The van der Waals surface area contributed by atoms with Crippen LogP contribution in [0.2, 0.25) is 0 Å². The monoisotopic (exact) mass is 476 g/mol. The average molecular weight is 478 g/mol. The molecule has 148 valence electrons. The molecule has 0 fully saturated rings. The second-order valence-corrected chi connectivity index (χ2v) is 9.93. The molecule has 1 aliphatic carbocycles. The number of rotatable bonds is 4. The van der Waals surface area contributed by atoms with E-state index >= 15 is 0 Å². The number of nitriles is 1. The highest BCUT2D eigenvalue weighted by molar-refractivity contribution is 7.80. The Morgan fingerprint density at radius 3 is 2.71 bits per heavy atom. The van der Waals surface area contributed by atoms with E-state index in [0.717, 1.165) is 31.2 Å². The van der Waals surface area contributed by atoms with Gasteiger partial charge in [0.25, 0.3) is 5.91 Å². The Labute approximate surface area is 186 Å². The van der Waals surface area contributed by atoms with E-state index in [-0.39, 0.29) is 10.9 Å². The maximum absolute atomic E-state index is 12.2. The van der Waals surface area contributed by atoms with Gasteiger partial charge in [-0.2, -0.15) is 5.26 Å². The molecule has 3 N–H and O–H groups in total. The molecule has 0 bridgehead atoms.